The lowest BCUT2D eigenvalue weighted by Gasteiger charge is -2.19. The fourth-order valence-corrected chi connectivity index (χ4v) is 4.00. The summed E-state index contributed by atoms with van der Waals surface area (Å²) in [5.41, 5.74) is 5.86. The second kappa shape index (κ2) is 4.31. The highest BCUT2D eigenvalue weighted by atomic mass is 32.1. The first-order valence-corrected chi connectivity index (χ1v) is 7.13. The molecule has 3 nitrogen and oxygen atoms in total. The van der Waals surface area contributed by atoms with Gasteiger partial charge in [-0.3, -0.25) is 4.79 Å². The lowest BCUT2D eigenvalue weighted by Crippen LogP contribution is -2.37. The summed E-state index contributed by atoms with van der Waals surface area (Å²) >= 11 is 1.52. The lowest BCUT2D eigenvalue weighted by atomic mass is 9.98. The molecule has 2 aliphatic rings. The quantitative estimate of drug-likeness (QED) is 0.844. The number of carbonyl (C=O) groups is 1. The first kappa shape index (κ1) is 12.1. The van der Waals surface area contributed by atoms with Gasteiger partial charge in [-0.15, -0.1) is 11.3 Å². The molecule has 5 heteroatoms. The first-order chi connectivity index (χ1) is 8.56. The largest absolute Gasteiger partial charge is 0.337 e. The summed E-state index contributed by atoms with van der Waals surface area (Å²) < 4.78 is 13.5. The summed E-state index contributed by atoms with van der Waals surface area (Å²) in [5.74, 6) is 0.468. The monoisotopic (exact) mass is 268 g/mol. The summed E-state index contributed by atoms with van der Waals surface area (Å²) in [6.07, 6.45) is -0.375. The predicted molar refractivity (Wildman–Crippen MR) is 69.4 cm³/mol. The van der Waals surface area contributed by atoms with Crippen LogP contribution in [0.3, 0.4) is 0 Å². The molecule has 1 aromatic heterocycles. The summed E-state index contributed by atoms with van der Waals surface area (Å²) in [4.78, 5) is 16.0. The van der Waals surface area contributed by atoms with E-state index in [9.17, 15) is 9.18 Å². The average Bonchev–Trinajstić information content (AvgIpc) is 2.98. The van der Waals surface area contributed by atoms with Gasteiger partial charge in [-0.1, -0.05) is 0 Å². The molecule has 0 aromatic carbocycles. The molecule has 0 bridgehead atoms. The number of thiophene rings is 1. The van der Waals surface area contributed by atoms with Gasteiger partial charge in [-0.2, -0.15) is 0 Å². The molecule has 1 aliphatic carbocycles. The maximum Gasteiger partial charge on any atom is 0.263 e. The zero-order valence-corrected chi connectivity index (χ0v) is 11.1. The Labute approximate surface area is 110 Å². The van der Waals surface area contributed by atoms with Gasteiger partial charge in [-0.05, 0) is 37.3 Å². The number of rotatable bonds is 1. The molecule has 1 saturated heterocycles. The second-order valence-corrected chi connectivity index (χ2v) is 6.66. The van der Waals surface area contributed by atoms with Crippen molar-refractivity contribution in [2.24, 2.45) is 17.6 Å². The average molecular weight is 268 g/mol. The van der Waals surface area contributed by atoms with Crippen LogP contribution in [0, 0.1) is 18.8 Å². The highest BCUT2D eigenvalue weighted by molar-refractivity contribution is 7.13. The zero-order chi connectivity index (χ0) is 12.9. The van der Waals surface area contributed by atoms with Crippen LogP contribution in [0.25, 0.3) is 0 Å². The van der Waals surface area contributed by atoms with Crippen molar-refractivity contribution in [3.8, 4) is 0 Å². The highest BCUT2D eigenvalue weighted by Crippen LogP contribution is 2.39. The maximum absolute atomic E-state index is 13.5. The Morgan fingerprint density at radius 2 is 2.28 bits per heavy atom. The number of aryl methyl sites for hydroxylation is 1. The summed E-state index contributed by atoms with van der Waals surface area (Å²) in [5, 5.41) is 0. The van der Waals surface area contributed by atoms with E-state index in [1.165, 1.54) is 11.3 Å². The van der Waals surface area contributed by atoms with Gasteiger partial charge >= 0.3 is 0 Å². The third-order valence-corrected chi connectivity index (χ3v) is 5.16. The molecule has 1 aliphatic heterocycles. The Kier molecular flexibility index (Phi) is 2.90. The number of alkyl halides is 1. The van der Waals surface area contributed by atoms with Crippen LogP contribution < -0.4 is 5.73 Å². The van der Waals surface area contributed by atoms with E-state index in [0.717, 1.165) is 9.75 Å². The maximum atomic E-state index is 13.5. The van der Waals surface area contributed by atoms with Gasteiger partial charge in [0.25, 0.3) is 5.91 Å². The van der Waals surface area contributed by atoms with Crippen molar-refractivity contribution in [2.75, 3.05) is 13.1 Å². The van der Waals surface area contributed by atoms with E-state index in [4.69, 9.17) is 5.73 Å². The van der Waals surface area contributed by atoms with Crippen molar-refractivity contribution in [1.82, 2.24) is 4.90 Å². The SMILES string of the molecule is Cc1ccc(C(=O)N2C[C@@H]3C[C@@H](F)[C@@H](N)[C@@H]3C2)s1. The molecular weight excluding hydrogens is 251 g/mol. The molecule has 2 N–H and O–H groups in total. The van der Waals surface area contributed by atoms with Crippen molar-refractivity contribution in [3.63, 3.8) is 0 Å². The Morgan fingerprint density at radius 3 is 2.89 bits per heavy atom. The first-order valence-electron chi connectivity index (χ1n) is 6.31. The lowest BCUT2D eigenvalue weighted by molar-refractivity contribution is 0.0778. The van der Waals surface area contributed by atoms with Crippen molar-refractivity contribution in [1.29, 1.82) is 0 Å². The Morgan fingerprint density at radius 1 is 1.50 bits per heavy atom. The Hall–Kier alpha value is -0.940. The van der Waals surface area contributed by atoms with Crippen molar-refractivity contribution in [2.45, 2.75) is 25.6 Å². The molecule has 98 valence electrons. The van der Waals surface area contributed by atoms with Crippen LogP contribution in [0.4, 0.5) is 4.39 Å². The van der Waals surface area contributed by atoms with Gasteiger partial charge in [0.2, 0.25) is 0 Å². The van der Waals surface area contributed by atoms with E-state index in [1.807, 2.05) is 24.0 Å². The minimum atomic E-state index is -0.888. The predicted octanol–water partition coefficient (Wildman–Crippen LogP) is 1.81. The molecular formula is C13H17FN2OS. The standard InChI is InChI=1S/C13H17FN2OS/c1-7-2-3-11(18-7)13(17)16-5-8-4-10(14)12(15)9(8)6-16/h2-3,8-10,12H,4-6,15H2,1H3/t8-,9+,10+,12-/m0/s1. The van der Waals surface area contributed by atoms with Gasteiger partial charge in [0.15, 0.2) is 0 Å². The fourth-order valence-electron chi connectivity index (χ4n) is 3.17. The molecule has 2 heterocycles. The minimum Gasteiger partial charge on any atom is -0.337 e. The molecule has 18 heavy (non-hydrogen) atoms. The molecule has 1 saturated carbocycles. The van der Waals surface area contributed by atoms with E-state index in [2.05, 4.69) is 0 Å². The number of amides is 1. The second-order valence-electron chi connectivity index (χ2n) is 5.37. The number of fused-ring (bicyclic) bond motifs is 1. The third kappa shape index (κ3) is 1.86. The molecule has 1 amide bonds. The fraction of sp³-hybridized carbons (Fsp3) is 0.615. The van der Waals surface area contributed by atoms with E-state index in [1.54, 1.807) is 0 Å². The smallest absolute Gasteiger partial charge is 0.263 e. The third-order valence-electron chi connectivity index (χ3n) is 4.17. The van der Waals surface area contributed by atoms with Crippen molar-refractivity contribution >= 4 is 17.2 Å². The normalized spacial score (nSPS) is 34.9. The van der Waals surface area contributed by atoms with Gasteiger partial charge < -0.3 is 10.6 Å². The van der Waals surface area contributed by atoms with E-state index in [0.29, 0.717) is 19.5 Å². The number of carbonyl (C=O) groups excluding carboxylic acids is 1. The number of nitrogens with zero attached hydrogens (tertiary/aromatic N) is 1. The van der Waals surface area contributed by atoms with E-state index >= 15 is 0 Å². The van der Waals surface area contributed by atoms with Crippen LogP contribution in [0.1, 0.15) is 21.0 Å². The van der Waals surface area contributed by atoms with Crippen LogP contribution in [0.15, 0.2) is 12.1 Å². The van der Waals surface area contributed by atoms with Crippen molar-refractivity contribution < 1.29 is 9.18 Å². The number of hydrogen-bond acceptors (Lipinski definition) is 3. The number of halogens is 1. The summed E-state index contributed by atoms with van der Waals surface area (Å²) in [7, 11) is 0. The van der Waals surface area contributed by atoms with Crippen LogP contribution >= 0.6 is 11.3 Å². The van der Waals surface area contributed by atoms with Gasteiger partial charge in [-0.25, -0.2) is 4.39 Å². The van der Waals surface area contributed by atoms with E-state index in [-0.39, 0.29) is 17.7 Å². The van der Waals surface area contributed by atoms with Crippen LogP contribution in [-0.2, 0) is 0 Å². The molecule has 0 unspecified atom stereocenters. The number of likely N-dealkylation sites (tertiary alicyclic amines) is 1. The molecule has 0 spiro atoms. The Balaban J connectivity index is 1.72. The molecule has 3 rings (SSSR count). The molecule has 0 radical (unpaired) electrons. The number of nitrogens with two attached hydrogens (primary N) is 1. The topological polar surface area (TPSA) is 46.3 Å². The Bertz CT molecular complexity index is 475. The zero-order valence-electron chi connectivity index (χ0n) is 10.3. The van der Waals surface area contributed by atoms with Crippen molar-refractivity contribution in [3.05, 3.63) is 21.9 Å². The minimum absolute atomic E-state index is 0.0742. The van der Waals surface area contributed by atoms with Crippen LogP contribution in [-0.4, -0.2) is 36.1 Å². The summed E-state index contributed by atoms with van der Waals surface area (Å²) in [6.45, 7) is 3.26. The van der Waals surface area contributed by atoms with Crippen LogP contribution in [0.5, 0.6) is 0 Å². The van der Waals surface area contributed by atoms with Gasteiger partial charge in [0.05, 0.1) is 4.88 Å². The number of hydrogen-bond donors (Lipinski definition) is 1. The van der Waals surface area contributed by atoms with Gasteiger partial charge in [0.1, 0.15) is 6.17 Å². The molecule has 1 aromatic rings. The summed E-state index contributed by atoms with van der Waals surface area (Å²) in [6, 6.07) is 3.43. The van der Waals surface area contributed by atoms with Crippen LogP contribution in [0.2, 0.25) is 0 Å². The molecule has 2 fully saturated rings. The molecule has 4 atom stereocenters. The van der Waals surface area contributed by atoms with Gasteiger partial charge in [0, 0.05) is 24.0 Å². The van der Waals surface area contributed by atoms with E-state index < -0.39 is 12.2 Å². The highest BCUT2D eigenvalue weighted by Gasteiger charge is 2.47.